The minimum Gasteiger partial charge on any atom is -0.398 e. The molecule has 1 aromatic heterocycles. The summed E-state index contributed by atoms with van der Waals surface area (Å²) in [4.78, 5) is 11.1. The molecule has 2 aromatic rings. The lowest BCUT2D eigenvalue weighted by atomic mass is 10.1. The van der Waals surface area contributed by atoms with E-state index in [9.17, 15) is 4.79 Å². The Morgan fingerprint density at radius 3 is 2.69 bits per heavy atom. The van der Waals surface area contributed by atoms with Crippen LogP contribution in [0, 0.1) is 6.92 Å². The number of nitrogens with zero attached hydrogens (tertiary/aromatic N) is 2. The molecule has 0 saturated carbocycles. The first-order valence-corrected chi connectivity index (χ1v) is 4.80. The van der Waals surface area contributed by atoms with E-state index >= 15 is 0 Å². The maximum Gasteiger partial charge on any atom is 0.250 e. The molecule has 16 heavy (non-hydrogen) atoms. The van der Waals surface area contributed by atoms with Crippen molar-refractivity contribution < 1.29 is 4.79 Å². The van der Waals surface area contributed by atoms with Crippen LogP contribution in [0.15, 0.2) is 30.5 Å². The average molecular weight is 216 g/mol. The standard InChI is InChI=1S/C11H12N4O/c1-7-4-5-15(14-7)8-2-3-10(12)9(6-8)11(13)16/h2-6H,12H2,1H3,(H2,13,16). The summed E-state index contributed by atoms with van der Waals surface area (Å²) in [7, 11) is 0. The van der Waals surface area contributed by atoms with Crippen molar-refractivity contribution in [2.45, 2.75) is 6.92 Å². The maximum atomic E-state index is 11.1. The third-order valence-corrected chi connectivity index (χ3v) is 2.29. The number of nitrogen functional groups attached to an aromatic ring is 1. The zero-order chi connectivity index (χ0) is 11.7. The van der Waals surface area contributed by atoms with Crippen molar-refractivity contribution in [2.24, 2.45) is 5.73 Å². The highest BCUT2D eigenvalue weighted by Crippen LogP contribution is 2.16. The van der Waals surface area contributed by atoms with E-state index in [0.29, 0.717) is 11.3 Å². The van der Waals surface area contributed by atoms with E-state index < -0.39 is 5.91 Å². The van der Waals surface area contributed by atoms with Gasteiger partial charge in [-0.3, -0.25) is 4.79 Å². The van der Waals surface area contributed by atoms with Gasteiger partial charge in [0.1, 0.15) is 0 Å². The molecule has 0 unspecified atom stereocenters. The molecule has 0 aliphatic heterocycles. The fourth-order valence-corrected chi connectivity index (χ4v) is 1.46. The number of amides is 1. The van der Waals surface area contributed by atoms with Crippen LogP contribution in [0.3, 0.4) is 0 Å². The van der Waals surface area contributed by atoms with Crippen LogP contribution in [0.2, 0.25) is 0 Å². The van der Waals surface area contributed by atoms with Gasteiger partial charge < -0.3 is 11.5 Å². The Morgan fingerprint density at radius 2 is 2.12 bits per heavy atom. The number of rotatable bonds is 2. The summed E-state index contributed by atoms with van der Waals surface area (Å²) in [6.07, 6.45) is 1.81. The first-order chi connectivity index (χ1) is 7.58. The van der Waals surface area contributed by atoms with Crippen molar-refractivity contribution in [3.05, 3.63) is 41.7 Å². The fourth-order valence-electron chi connectivity index (χ4n) is 1.46. The number of aromatic nitrogens is 2. The normalized spacial score (nSPS) is 10.3. The third kappa shape index (κ3) is 1.75. The largest absolute Gasteiger partial charge is 0.398 e. The van der Waals surface area contributed by atoms with Crippen molar-refractivity contribution in [2.75, 3.05) is 5.73 Å². The highest BCUT2D eigenvalue weighted by Gasteiger charge is 2.07. The van der Waals surface area contributed by atoms with E-state index in [4.69, 9.17) is 11.5 Å². The Bertz CT molecular complexity index is 545. The molecule has 0 radical (unpaired) electrons. The number of anilines is 1. The van der Waals surface area contributed by atoms with E-state index in [1.165, 1.54) is 0 Å². The molecule has 1 amide bonds. The van der Waals surface area contributed by atoms with Gasteiger partial charge in [-0.25, -0.2) is 4.68 Å². The number of hydrogen-bond donors (Lipinski definition) is 2. The van der Waals surface area contributed by atoms with Gasteiger partial charge in [-0.05, 0) is 31.2 Å². The summed E-state index contributed by atoms with van der Waals surface area (Å²) >= 11 is 0. The van der Waals surface area contributed by atoms with E-state index in [2.05, 4.69) is 5.10 Å². The molecule has 4 N–H and O–H groups in total. The van der Waals surface area contributed by atoms with Gasteiger partial charge in [0.05, 0.1) is 16.9 Å². The zero-order valence-corrected chi connectivity index (χ0v) is 8.84. The van der Waals surface area contributed by atoms with E-state index in [0.717, 1.165) is 11.4 Å². The molecule has 2 rings (SSSR count). The SMILES string of the molecule is Cc1ccn(-c2ccc(N)c(C(N)=O)c2)n1. The van der Waals surface area contributed by atoms with Crippen LogP contribution in [-0.2, 0) is 0 Å². The average Bonchev–Trinajstić information content (AvgIpc) is 2.65. The molecule has 5 heteroatoms. The topological polar surface area (TPSA) is 86.9 Å². The molecule has 1 aromatic carbocycles. The van der Waals surface area contributed by atoms with Crippen LogP contribution in [-0.4, -0.2) is 15.7 Å². The lowest BCUT2D eigenvalue weighted by Crippen LogP contribution is -2.14. The summed E-state index contributed by atoms with van der Waals surface area (Å²) in [5, 5.41) is 4.23. The number of hydrogen-bond acceptors (Lipinski definition) is 3. The lowest BCUT2D eigenvalue weighted by molar-refractivity contribution is 0.100. The predicted molar refractivity (Wildman–Crippen MR) is 61.2 cm³/mol. The lowest BCUT2D eigenvalue weighted by Gasteiger charge is -2.05. The number of carbonyl (C=O) groups is 1. The van der Waals surface area contributed by atoms with Gasteiger partial charge in [-0.15, -0.1) is 0 Å². The number of aryl methyl sites for hydroxylation is 1. The number of primary amides is 1. The van der Waals surface area contributed by atoms with E-state index in [-0.39, 0.29) is 0 Å². The van der Waals surface area contributed by atoms with Crippen LogP contribution in [0.4, 0.5) is 5.69 Å². The summed E-state index contributed by atoms with van der Waals surface area (Å²) in [5.41, 5.74) is 13.2. The number of carbonyl (C=O) groups excluding carboxylic acids is 1. The van der Waals surface area contributed by atoms with Gasteiger partial charge >= 0.3 is 0 Å². The Labute approximate surface area is 92.7 Å². The van der Waals surface area contributed by atoms with Crippen LogP contribution in [0.1, 0.15) is 16.1 Å². The molecule has 0 aliphatic rings. The molecule has 82 valence electrons. The van der Waals surface area contributed by atoms with Crippen molar-refractivity contribution in [3.63, 3.8) is 0 Å². The quantitative estimate of drug-likeness (QED) is 0.730. The van der Waals surface area contributed by atoms with Crippen LogP contribution in [0.5, 0.6) is 0 Å². The molecule has 0 aliphatic carbocycles. The first-order valence-electron chi connectivity index (χ1n) is 4.80. The van der Waals surface area contributed by atoms with Gasteiger partial charge in [0.2, 0.25) is 0 Å². The maximum absolute atomic E-state index is 11.1. The first kappa shape index (κ1) is 10.2. The smallest absolute Gasteiger partial charge is 0.250 e. The minimum atomic E-state index is -0.539. The van der Waals surface area contributed by atoms with Crippen molar-refractivity contribution in [3.8, 4) is 5.69 Å². The molecular weight excluding hydrogens is 204 g/mol. The van der Waals surface area contributed by atoms with Crippen molar-refractivity contribution in [1.82, 2.24) is 9.78 Å². The van der Waals surface area contributed by atoms with Crippen LogP contribution >= 0.6 is 0 Å². The third-order valence-electron chi connectivity index (χ3n) is 2.29. The van der Waals surface area contributed by atoms with Gasteiger partial charge in [-0.1, -0.05) is 0 Å². The van der Waals surface area contributed by atoms with Gasteiger partial charge in [-0.2, -0.15) is 5.10 Å². The second-order valence-corrected chi connectivity index (χ2v) is 3.54. The van der Waals surface area contributed by atoms with Crippen molar-refractivity contribution >= 4 is 11.6 Å². The molecule has 5 nitrogen and oxygen atoms in total. The monoisotopic (exact) mass is 216 g/mol. The molecule has 0 saturated heterocycles. The van der Waals surface area contributed by atoms with Gasteiger partial charge in [0.25, 0.3) is 5.91 Å². The minimum absolute atomic E-state index is 0.311. The molecule has 0 spiro atoms. The Morgan fingerprint density at radius 1 is 1.38 bits per heavy atom. The summed E-state index contributed by atoms with van der Waals surface area (Å²) < 4.78 is 1.67. The molecule has 1 heterocycles. The number of benzene rings is 1. The number of nitrogens with two attached hydrogens (primary N) is 2. The molecule has 0 atom stereocenters. The summed E-state index contributed by atoms with van der Waals surface area (Å²) in [6, 6.07) is 6.94. The summed E-state index contributed by atoms with van der Waals surface area (Å²) in [5.74, 6) is -0.539. The Balaban J connectivity index is 2.51. The van der Waals surface area contributed by atoms with E-state index in [1.807, 2.05) is 19.2 Å². The van der Waals surface area contributed by atoms with Gasteiger partial charge in [0.15, 0.2) is 0 Å². The highest BCUT2D eigenvalue weighted by atomic mass is 16.1. The Hall–Kier alpha value is -2.30. The molecule has 0 bridgehead atoms. The molecule has 0 fully saturated rings. The highest BCUT2D eigenvalue weighted by molar-refractivity contribution is 5.98. The second-order valence-electron chi connectivity index (χ2n) is 3.54. The van der Waals surface area contributed by atoms with E-state index in [1.54, 1.807) is 22.9 Å². The summed E-state index contributed by atoms with van der Waals surface area (Å²) in [6.45, 7) is 1.89. The van der Waals surface area contributed by atoms with Gasteiger partial charge in [0, 0.05) is 11.9 Å². The fraction of sp³-hybridized carbons (Fsp3) is 0.0909. The Kier molecular flexibility index (Phi) is 2.36. The zero-order valence-electron chi connectivity index (χ0n) is 8.84. The molecular formula is C11H12N4O. The second kappa shape index (κ2) is 3.69. The van der Waals surface area contributed by atoms with Crippen molar-refractivity contribution in [1.29, 1.82) is 0 Å². The predicted octanol–water partition coefficient (Wildman–Crippen LogP) is 0.862. The van der Waals surface area contributed by atoms with Crippen LogP contribution < -0.4 is 11.5 Å². The van der Waals surface area contributed by atoms with Crippen LogP contribution in [0.25, 0.3) is 5.69 Å².